The number of piperidine rings is 1. The van der Waals surface area contributed by atoms with Gasteiger partial charge in [-0.1, -0.05) is 42.5 Å². The molecule has 1 aliphatic heterocycles. The van der Waals surface area contributed by atoms with Gasteiger partial charge in [-0.05, 0) is 55.5 Å². The molecule has 3 aromatic rings. The van der Waals surface area contributed by atoms with Gasteiger partial charge in [0.1, 0.15) is 5.69 Å². The maximum atomic E-state index is 13.1. The molecule has 1 aliphatic carbocycles. The van der Waals surface area contributed by atoms with Gasteiger partial charge in [-0.3, -0.25) is 9.69 Å². The lowest BCUT2D eigenvalue weighted by molar-refractivity contribution is 0.0551. The maximum absolute atomic E-state index is 13.1. The monoisotopic (exact) mass is 373 g/mol. The van der Waals surface area contributed by atoms with Crippen molar-refractivity contribution in [2.75, 3.05) is 20.1 Å². The Kier molecular flexibility index (Phi) is 4.44. The summed E-state index contributed by atoms with van der Waals surface area (Å²) in [5, 5.41) is 1.09. The number of nitrogens with one attached hydrogen (secondary N) is 1. The quantitative estimate of drug-likeness (QED) is 0.757. The van der Waals surface area contributed by atoms with Gasteiger partial charge in [0, 0.05) is 36.6 Å². The molecule has 4 nitrogen and oxygen atoms in total. The van der Waals surface area contributed by atoms with Gasteiger partial charge in [0.2, 0.25) is 0 Å². The fourth-order valence-corrected chi connectivity index (χ4v) is 4.97. The Morgan fingerprint density at radius 3 is 2.54 bits per heavy atom. The number of aromatic nitrogens is 1. The number of amides is 1. The average molecular weight is 374 g/mol. The lowest BCUT2D eigenvalue weighted by atomic mass is 10.0. The minimum Gasteiger partial charge on any atom is -0.351 e. The minimum absolute atomic E-state index is 0.0951. The molecule has 0 radical (unpaired) electrons. The van der Waals surface area contributed by atoms with Crippen LogP contribution >= 0.6 is 0 Å². The summed E-state index contributed by atoms with van der Waals surface area (Å²) in [6, 6.07) is 19.7. The molecule has 2 aliphatic rings. The van der Waals surface area contributed by atoms with Crippen LogP contribution in [0, 0.1) is 0 Å². The van der Waals surface area contributed by atoms with Gasteiger partial charge in [-0.2, -0.15) is 0 Å². The highest BCUT2D eigenvalue weighted by atomic mass is 16.2. The predicted octanol–water partition coefficient (Wildman–Crippen LogP) is 3.87. The van der Waals surface area contributed by atoms with E-state index in [-0.39, 0.29) is 11.9 Å². The first-order valence-electron chi connectivity index (χ1n) is 10.3. The summed E-state index contributed by atoms with van der Waals surface area (Å²) in [6.45, 7) is 2.12. The van der Waals surface area contributed by atoms with Crippen molar-refractivity contribution < 1.29 is 4.79 Å². The van der Waals surface area contributed by atoms with Crippen LogP contribution in [0.5, 0.6) is 0 Å². The number of likely N-dealkylation sites (tertiary alicyclic amines) is 1. The van der Waals surface area contributed by atoms with Gasteiger partial charge in [-0.25, -0.2) is 0 Å². The Labute approximate surface area is 166 Å². The number of aromatic amines is 1. The fourth-order valence-electron chi connectivity index (χ4n) is 4.97. The van der Waals surface area contributed by atoms with E-state index in [2.05, 4.69) is 34.1 Å². The van der Waals surface area contributed by atoms with E-state index in [4.69, 9.17) is 0 Å². The zero-order chi connectivity index (χ0) is 19.1. The zero-order valence-corrected chi connectivity index (χ0v) is 16.4. The van der Waals surface area contributed by atoms with Gasteiger partial charge in [0.25, 0.3) is 5.91 Å². The first-order valence-corrected chi connectivity index (χ1v) is 10.3. The van der Waals surface area contributed by atoms with Crippen molar-refractivity contribution >= 4 is 16.8 Å². The van der Waals surface area contributed by atoms with Gasteiger partial charge in [-0.15, -0.1) is 0 Å². The highest BCUT2D eigenvalue weighted by molar-refractivity contribution is 5.98. The van der Waals surface area contributed by atoms with E-state index in [1.54, 1.807) is 0 Å². The van der Waals surface area contributed by atoms with E-state index in [1.807, 2.05) is 42.3 Å². The van der Waals surface area contributed by atoms with Crippen molar-refractivity contribution in [3.05, 3.63) is 71.4 Å². The number of para-hydroxylation sites is 1. The van der Waals surface area contributed by atoms with E-state index in [0.29, 0.717) is 11.7 Å². The van der Waals surface area contributed by atoms with E-state index in [0.717, 1.165) is 49.7 Å². The van der Waals surface area contributed by atoms with Crippen LogP contribution in [0.15, 0.2) is 54.6 Å². The molecule has 2 heterocycles. The molecule has 1 unspecified atom stereocenters. The largest absolute Gasteiger partial charge is 0.351 e. The Balaban J connectivity index is 1.29. The van der Waals surface area contributed by atoms with Crippen molar-refractivity contribution in [3.8, 4) is 0 Å². The molecule has 1 atom stereocenters. The topological polar surface area (TPSA) is 39.3 Å². The summed E-state index contributed by atoms with van der Waals surface area (Å²) in [6.07, 6.45) is 4.52. The van der Waals surface area contributed by atoms with Crippen molar-refractivity contribution in [2.45, 2.75) is 37.8 Å². The van der Waals surface area contributed by atoms with Crippen LogP contribution in [0.1, 0.15) is 34.5 Å². The number of H-pyrrole nitrogens is 1. The Morgan fingerprint density at radius 1 is 1.07 bits per heavy atom. The standard InChI is InChI=1S/C24H27N3O/c1-26(24(28)23-15-19-9-4-5-11-22(19)25-23)20-10-6-12-27(16-20)21-13-17-7-2-3-8-18(17)14-21/h2-5,7-9,11,15,20-21,25H,6,10,12-14,16H2,1H3. The third-order valence-electron chi connectivity index (χ3n) is 6.60. The Morgan fingerprint density at radius 2 is 1.79 bits per heavy atom. The number of carbonyl (C=O) groups is 1. The fraction of sp³-hybridized carbons (Fsp3) is 0.375. The van der Waals surface area contributed by atoms with Crippen molar-refractivity contribution in [1.82, 2.24) is 14.8 Å². The third kappa shape index (κ3) is 3.12. The second-order valence-corrected chi connectivity index (χ2v) is 8.31. The van der Waals surface area contributed by atoms with Crippen molar-refractivity contribution in [1.29, 1.82) is 0 Å². The third-order valence-corrected chi connectivity index (χ3v) is 6.60. The Bertz CT molecular complexity index is 950. The number of rotatable bonds is 3. The molecule has 1 fully saturated rings. The smallest absolute Gasteiger partial charge is 0.270 e. The molecule has 1 saturated heterocycles. The highest BCUT2D eigenvalue weighted by Crippen LogP contribution is 2.28. The van der Waals surface area contributed by atoms with E-state index in [9.17, 15) is 4.79 Å². The van der Waals surface area contributed by atoms with Gasteiger partial charge in [0.05, 0.1) is 0 Å². The van der Waals surface area contributed by atoms with E-state index < -0.39 is 0 Å². The molecular formula is C24H27N3O. The van der Waals surface area contributed by atoms with Crippen LogP contribution in [0.4, 0.5) is 0 Å². The van der Waals surface area contributed by atoms with Gasteiger partial charge >= 0.3 is 0 Å². The van der Waals surface area contributed by atoms with Crippen LogP contribution < -0.4 is 0 Å². The highest BCUT2D eigenvalue weighted by Gasteiger charge is 2.33. The second kappa shape index (κ2) is 7.10. The van der Waals surface area contributed by atoms with Gasteiger partial charge in [0.15, 0.2) is 0 Å². The number of hydrogen-bond donors (Lipinski definition) is 1. The molecule has 5 rings (SSSR count). The normalized spacial score (nSPS) is 20.4. The number of fused-ring (bicyclic) bond motifs is 2. The molecule has 1 aromatic heterocycles. The van der Waals surface area contributed by atoms with Crippen LogP contribution in [-0.4, -0.2) is 52.9 Å². The molecule has 4 heteroatoms. The lowest BCUT2D eigenvalue weighted by Gasteiger charge is -2.40. The predicted molar refractivity (Wildman–Crippen MR) is 113 cm³/mol. The first-order chi connectivity index (χ1) is 13.7. The van der Waals surface area contributed by atoms with E-state index in [1.165, 1.54) is 11.1 Å². The summed E-state index contributed by atoms with van der Waals surface area (Å²) >= 11 is 0. The number of likely N-dealkylation sites (N-methyl/N-ethyl adjacent to an activating group) is 1. The SMILES string of the molecule is CN(C(=O)c1cc2ccccc2[nH]1)C1CCCN(C2Cc3ccccc3C2)C1. The Hall–Kier alpha value is -2.59. The van der Waals surface area contributed by atoms with E-state index >= 15 is 0 Å². The summed E-state index contributed by atoms with van der Waals surface area (Å²) < 4.78 is 0. The van der Waals surface area contributed by atoms with Crippen molar-refractivity contribution in [3.63, 3.8) is 0 Å². The number of nitrogens with zero attached hydrogens (tertiary/aromatic N) is 2. The number of carbonyl (C=O) groups excluding carboxylic acids is 1. The summed E-state index contributed by atoms with van der Waals surface area (Å²) in [5.41, 5.74) is 4.71. The van der Waals surface area contributed by atoms with Crippen LogP contribution in [0.3, 0.4) is 0 Å². The number of hydrogen-bond acceptors (Lipinski definition) is 2. The second-order valence-electron chi connectivity index (χ2n) is 8.31. The van der Waals surface area contributed by atoms with Crippen LogP contribution in [-0.2, 0) is 12.8 Å². The molecule has 0 saturated carbocycles. The summed E-state index contributed by atoms with van der Waals surface area (Å²) in [7, 11) is 1.96. The number of benzene rings is 2. The first kappa shape index (κ1) is 17.5. The molecule has 1 amide bonds. The van der Waals surface area contributed by atoms with Crippen LogP contribution in [0.2, 0.25) is 0 Å². The molecular weight excluding hydrogens is 346 g/mol. The molecule has 0 bridgehead atoms. The zero-order valence-electron chi connectivity index (χ0n) is 16.4. The summed E-state index contributed by atoms with van der Waals surface area (Å²) in [5.74, 6) is 0.0951. The molecule has 28 heavy (non-hydrogen) atoms. The molecule has 1 N–H and O–H groups in total. The minimum atomic E-state index is 0.0951. The van der Waals surface area contributed by atoms with Crippen LogP contribution in [0.25, 0.3) is 10.9 Å². The van der Waals surface area contributed by atoms with Gasteiger partial charge < -0.3 is 9.88 Å². The van der Waals surface area contributed by atoms with Crippen molar-refractivity contribution in [2.24, 2.45) is 0 Å². The lowest BCUT2D eigenvalue weighted by Crippen LogP contribution is -2.51. The molecule has 2 aromatic carbocycles. The average Bonchev–Trinajstić information content (AvgIpc) is 3.37. The molecule has 0 spiro atoms. The summed E-state index contributed by atoms with van der Waals surface area (Å²) in [4.78, 5) is 21.0. The molecule has 144 valence electrons. The maximum Gasteiger partial charge on any atom is 0.270 e.